The highest BCUT2D eigenvalue weighted by molar-refractivity contribution is 5.85. The molecule has 0 aliphatic carbocycles. The molecule has 1 unspecified atom stereocenters. The molecule has 0 radical (unpaired) electrons. The van der Waals surface area contributed by atoms with Gasteiger partial charge in [0.2, 0.25) is 0 Å². The molecule has 0 aromatic heterocycles. The molecule has 1 fully saturated rings. The maximum absolute atomic E-state index is 13.5. The number of benzene rings is 2. The van der Waals surface area contributed by atoms with Crippen molar-refractivity contribution in [1.82, 2.24) is 9.80 Å². The molecule has 1 atom stereocenters. The summed E-state index contributed by atoms with van der Waals surface area (Å²) < 4.78 is 18.9. The number of rotatable bonds is 7. The molecule has 0 spiro atoms. The zero-order valence-corrected chi connectivity index (χ0v) is 16.8. The van der Waals surface area contributed by atoms with Crippen LogP contribution in [0.1, 0.15) is 5.56 Å². The molecule has 150 valence electrons. The smallest absolute Gasteiger partial charge is 0.165 e. The molecule has 27 heavy (non-hydrogen) atoms. The third kappa shape index (κ3) is 7.64. The number of halogens is 3. The normalized spacial score (nSPS) is 16.1. The number of nitrogens with zero attached hydrogens (tertiary/aromatic N) is 2. The van der Waals surface area contributed by atoms with E-state index in [0.29, 0.717) is 6.54 Å². The highest BCUT2D eigenvalue weighted by Gasteiger charge is 2.19. The Hall–Kier alpha value is -1.37. The Kier molecular flexibility index (Phi) is 10.7. The Morgan fingerprint density at radius 2 is 1.48 bits per heavy atom. The van der Waals surface area contributed by atoms with Gasteiger partial charge in [0.25, 0.3) is 0 Å². The third-order valence-electron chi connectivity index (χ3n) is 4.45. The fourth-order valence-electron chi connectivity index (χ4n) is 3.07. The van der Waals surface area contributed by atoms with Crippen LogP contribution in [-0.4, -0.2) is 60.3 Å². The lowest BCUT2D eigenvalue weighted by atomic mass is 10.2. The van der Waals surface area contributed by atoms with E-state index >= 15 is 0 Å². The highest BCUT2D eigenvalue weighted by atomic mass is 35.5. The van der Waals surface area contributed by atoms with Crippen LogP contribution >= 0.6 is 24.8 Å². The van der Waals surface area contributed by atoms with Gasteiger partial charge in [0.1, 0.15) is 12.7 Å². The number of β-amino-alcohol motifs (C(OH)–C–C–N with tert-alkyl or cyclic N) is 1. The summed E-state index contributed by atoms with van der Waals surface area (Å²) in [4.78, 5) is 4.66. The van der Waals surface area contributed by atoms with Crippen molar-refractivity contribution in [3.63, 3.8) is 0 Å². The van der Waals surface area contributed by atoms with E-state index in [0.717, 1.165) is 32.7 Å². The van der Waals surface area contributed by atoms with Gasteiger partial charge in [0.15, 0.2) is 11.6 Å². The van der Waals surface area contributed by atoms with E-state index in [1.165, 1.54) is 11.6 Å². The SMILES string of the molecule is Cl.Cl.OC(COc1ccccc1F)CN1CCN(Cc2ccccc2)CC1. The number of ether oxygens (including phenoxy) is 1. The standard InChI is InChI=1S/C20H25FN2O2.2ClH/c21-19-8-4-5-9-20(19)25-16-18(24)15-23-12-10-22(11-13-23)14-17-6-2-1-3-7-17;;/h1-9,18,24H,10-16H2;2*1H. The average Bonchev–Trinajstić information content (AvgIpc) is 2.64. The molecule has 7 heteroatoms. The molecular weight excluding hydrogens is 390 g/mol. The van der Waals surface area contributed by atoms with E-state index in [1.807, 2.05) is 6.07 Å². The van der Waals surface area contributed by atoms with Crippen molar-refractivity contribution in [3.8, 4) is 5.75 Å². The van der Waals surface area contributed by atoms with Gasteiger partial charge in [0, 0.05) is 39.3 Å². The Morgan fingerprint density at radius 3 is 2.15 bits per heavy atom. The minimum absolute atomic E-state index is 0. The molecule has 0 saturated carbocycles. The van der Waals surface area contributed by atoms with Crippen LogP contribution in [0.15, 0.2) is 54.6 Å². The van der Waals surface area contributed by atoms with E-state index in [9.17, 15) is 9.50 Å². The predicted molar refractivity (Wildman–Crippen MR) is 111 cm³/mol. The number of para-hydroxylation sites is 1. The Balaban J connectivity index is 0.00000182. The maximum atomic E-state index is 13.5. The zero-order valence-electron chi connectivity index (χ0n) is 15.2. The number of aliphatic hydroxyl groups excluding tert-OH is 1. The summed E-state index contributed by atoms with van der Waals surface area (Å²) in [6.07, 6.45) is -0.625. The number of aliphatic hydroxyl groups is 1. The fraction of sp³-hybridized carbons (Fsp3) is 0.400. The second-order valence-corrected chi connectivity index (χ2v) is 6.46. The maximum Gasteiger partial charge on any atom is 0.165 e. The molecule has 3 rings (SSSR count). The van der Waals surface area contributed by atoms with Gasteiger partial charge in [-0.25, -0.2) is 4.39 Å². The first-order valence-corrected chi connectivity index (χ1v) is 8.75. The van der Waals surface area contributed by atoms with Crippen molar-refractivity contribution in [2.75, 3.05) is 39.3 Å². The number of hydrogen-bond acceptors (Lipinski definition) is 4. The van der Waals surface area contributed by atoms with Crippen molar-refractivity contribution in [3.05, 3.63) is 66.0 Å². The summed E-state index contributed by atoms with van der Waals surface area (Å²) in [7, 11) is 0. The van der Waals surface area contributed by atoms with Crippen LogP contribution in [0, 0.1) is 5.82 Å². The van der Waals surface area contributed by atoms with Crippen LogP contribution < -0.4 is 4.74 Å². The van der Waals surface area contributed by atoms with E-state index in [-0.39, 0.29) is 37.2 Å². The molecule has 4 nitrogen and oxygen atoms in total. The van der Waals surface area contributed by atoms with Crippen LogP contribution in [0.5, 0.6) is 5.75 Å². The monoisotopic (exact) mass is 416 g/mol. The van der Waals surface area contributed by atoms with Crippen LogP contribution in [0.3, 0.4) is 0 Å². The van der Waals surface area contributed by atoms with Gasteiger partial charge in [-0.3, -0.25) is 9.80 Å². The van der Waals surface area contributed by atoms with Gasteiger partial charge in [-0.15, -0.1) is 24.8 Å². The molecule has 1 aliphatic rings. The summed E-state index contributed by atoms with van der Waals surface area (Å²) in [5.41, 5.74) is 1.33. The van der Waals surface area contributed by atoms with Gasteiger partial charge >= 0.3 is 0 Å². The molecule has 1 heterocycles. The predicted octanol–water partition coefficient (Wildman–Crippen LogP) is 3.23. The molecule has 2 aromatic rings. The summed E-state index contributed by atoms with van der Waals surface area (Å²) >= 11 is 0. The molecule has 1 saturated heterocycles. The van der Waals surface area contributed by atoms with Gasteiger partial charge in [0.05, 0.1) is 0 Å². The summed E-state index contributed by atoms with van der Waals surface area (Å²) in [6, 6.07) is 16.7. The average molecular weight is 417 g/mol. The Labute approximate surface area is 172 Å². The zero-order chi connectivity index (χ0) is 17.5. The third-order valence-corrected chi connectivity index (χ3v) is 4.45. The van der Waals surface area contributed by atoms with Crippen molar-refractivity contribution in [2.45, 2.75) is 12.6 Å². The molecule has 0 amide bonds. The lowest BCUT2D eigenvalue weighted by molar-refractivity contribution is 0.0437. The Morgan fingerprint density at radius 1 is 0.889 bits per heavy atom. The first kappa shape index (κ1) is 23.7. The van der Waals surface area contributed by atoms with Gasteiger partial charge in [-0.1, -0.05) is 42.5 Å². The largest absolute Gasteiger partial charge is 0.488 e. The molecule has 2 aromatic carbocycles. The van der Waals surface area contributed by atoms with Crippen LogP contribution in [-0.2, 0) is 6.54 Å². The Bertz CT molecular complexity index is 655. The lowest BCUT2D eigenvalue weighted by Gasteiger charge is -2.35. The van der Waals surface area contributed by atoms with Crippen molar-refractivity contribution >= 4 is 24.8 Å². The highest BCUT2D eigenvalue weighted by Crippen LogP contribution is 2.15. The van der Waals surface area contributed by atoms with Crippen molar-refractivity contribution in [2.24, 2.45) is 0 Å². The topological polar surface area (TPSA) is 35.9 Å². The fourth-order valence-corrected chi connectivity index (χ4v) is 3.07. The van der Waals surface area contributed by atoms with E-state index in [1.54, 1.807) is 18.2 Å². The first-order valence-electron chi connectivity index (χ1n) is 8.75. The van der Waals surface area contributed by atoms with Gasteiger partial charge in [-0.2, -0.15) is 0 Å². The van der Waals surface area contributed by atoms with Crippen molar-refractivity contribution in [1.29, 1.82) is 0 Å². The second-order valence-electron chi connectivity index (χ2n) is 6.46. The van der Waals surface area contributed by atoms with Crippen molar-refractivity contribution < 1.29 is 14.2 Å². The van der Waals surface area contributed by atoms with Crippen LogP contribution in [0.2, 0.25) is 0 Å². The molecule has 0 bridgehead atoms. The quantitative estimate of drug-likeness (QED) is 0.751. The van der Waals surface area contributed by atoms with Gasteiger partial charge in [-0.05, 0) is 17.7 Å². The number of piperazine rings is 1. The summed E-state index contributed by atoms with van der Waals surface area (Å²) in [5, 5.41) is 10.2. The van der Waals surface area contributed by atoms with E-state index in [2.05, 4.69) is 34.1 Å². The van der Waals surface area contributed by atoms with Crippen LogP contribution in [0.25, 0.3) is 0 Å². The van der Waals surface area contributed by atoms with Crippen LogP contribution in [0.4, 0.5) is 4.39 Å². The minimum atomic E-state index is -0.625. The molecule has 1 N–H and O–H groups in total. The van der Waals surface area contributed by atoms with E-state index in [4.69, 9.17) is 4.74 Å². The molecular formula is C20H27Cl2FN2O2. The van der Waals surface area contributed by atoms with E-state index < -0.39 is 11.9 Å². The minimum Gasteiger partial charge on any atom is -0.488 e. The first-order chi connectivity index (χ1) is 12.2. The molecule has 1 aliphatic heterocycles. The lowest BCUT2D eigenvalue weighted by Crippen LogP contribution is -2.48. The number of hydrogen-bond donors (Lipinski definition) is 1. The van der Waals surface area contributed by atoms with Gasteiger partial charge < -0.3 is 9.84 Å². The second kappa shape index (κ2) is 12.2. The summed E-state index contributed by atoms with van der Waals surface area (Å²) in [6.45, 7) is 5.42. The summed E-state index contributed by atoms with van der Waals surface area (Å²) in [5.74, 6) is -0.210.